The molecule has 1 aliphatic rings. The molecule has 9 heteroatoms. The Kier molecular flexibility index (Phi) is 8.17. The summed E-state index contributed by atoms with van der Waals surface area (Å²) in [4.78, 5) is 29.0. The number of anilines is 2. The van der Waals surface area contributed by atoms with Gasteiger partial charge in [-0.2, -0.15) is 13.2 Å². The van der Waals surface area contributed by atoms with E-state index in [0.717, 1.165) is 31.4 Å². The lowest BCUT2D eigenvalue weighted by atomic mass is 9.75. The van der Waals surface area contributed by atoms with Crippen molar-refractivity contribution in [1.29, 1.82) is 0 Å². The van der Waals surface area contributed by atoms with Crippen molar-refractivity contribution >= 4 is 23.4 Å². The highest BCUT2D eigenvalue weighted by molar-refractivity contribution is 5.96. The molecule has 0 aliphatic heterocycles. The maximum absolute atomic E-state index is 13.0. The molecule has 1 aromatic heterocycles. The number of carbonyl (C=O) groups excluding carboxylic acids is 2. The van der Waals surface area contributed by atoms with Crippen molar-refractivity contribution in [3.8, 4) is 0 Å². The highest BCUT2D eigenvalue weighted by atomic mass is 19.4. The van der Waals surface area contributed by atoms with E-state index in [1.807, 2.05) is 0 Å². The van der Waals surface area contributed by atoms with Crippen LogP contribution in [0.2, 0.25) is 0 Å². The van der Waals surface area contributed by atoms with E-state index in [9.17, 15) is 22.8 Å². The maximum Gasteiger partial charge on any atom is 0.416 e. The first-order valence-corrected chi connectivity index (χ1v) is 11.3. The van der Waals surface area contributed by atoms with Gasteiger partial charge in [0.2, 0.25) is 0 Å². The fraction of sp³-hybridized carbons (Fsp3) is 0.480. The van der Waals surface area contributed by atoms with Crippen LogP contribution in [0.25, 0.3) is 0 Å². The first-order valence-electron chi connectivity index (χ1n) is 11.3. The number of carbonyl (C=O) groups is 2. The Hall–Kier alpha value is -3.10. The van der Waals surface area contributed by atoms with E-state index in [1.165, 1.54) is 30.5 Å². The number of ether oxygens (including phenoxy) is 2. The van der Waals surface area contributed by atoms with Crippen molar-refractivity contribution in [3.63, 3.8) is 0 Å². The monoisotopic (exact) mass is 478 g/mol. The van der Waals surface area contributed by atoms with E-state index < -0.39 is 30.3 Å². The van der Waals surface area contributed by atoms with Crippen LogP contribution >= 0.6 is 0 Å². The summed E-state index contributed by atoms with van der Waals surface area (Å²) in [7, 11) is 0. The molecule has 0 amide bonds. The second-order valence-electron chi connectivity index (χ2n) is 9.03. The predicted molar refractivity (Wildman–Crippen MR) is 120 cm³/mol. The number of rotatable bonds is 7. The van der Waals surface area contributed by atoms with E-state index in [2.05, 4.69) is 31.1 Å². The summed E-state index contributed by atoms with van der Waals surface area (Å²) in [6, 6.07) is 7.43. The number of pyridine rings is 1. The molecule has 2 aromatic rings. The van der Waals surface area contributed by atoms with Gasteiger partial charge in [0.25, 0.3) is 0 Å². The van der Waals surface area contributed by atoms with Gasteiger partial charge in [0.1, 0.15) is 17.5 Å². The molecule has 1 fully saturated rings. The van der Waals surface area contributed by atoms with Gasteiger partial charge in [-0.05, 0) is 60.9 Å². The summed E-state index contributed by atoms with van der Waals surface area (Å²) in [5, 5.41) is 2.71. The quantitative estimate of drug-likeness (QED) is 0.492. The molecule has 184 valence electrons. The molecule has 3 atom stereocenters. The Morgan fingerprint density at radius 1 is 1.18 bits per heavy atom. The van der Waals surface area contributed by atoms with Crippen molar-refractivity contribution in [1.82, 2.24) is 4.98 Å². The van der Waals surface area contributed by atoms with Crippen LogP contribution in [0.15, 0.2) is 42.6 Å². The zero-order valence-electron chi connectivity index (χ0n) is 19.4. The molecule has 6 nitrogen and oxygen atoms in total. The van der Waals surface area contributed by atoms with Crippen LogP contribution in [0.5, 0.6) is 0 Å². The topological polar surface area (TPSA) is 77.5 Å². The van der Waals surface area contributed by atoms with Crippen LogP contribution in [-0.4, -0.2) is 29.6 Å². The smallest absolute Gasteiger partial charge is 0.416 e. The zero-order valence-corrected chi connectivity index (χ0v) is 19.4. The number of hydrogen-bond acceptors (Lipinski definition) is 6. The molecular formula is C25H29F3N2O4. The van der Waals surface area contributed by atoms with Gasteiger partial charge in [-0.25, -0.2) is 14.6 Å². The Balaban J connectivity index is 1.63. The number of benzene rings is 1. The van der Waals surface area contributed by atoms with Crippen molar-refractivity contribution in [3.05, 3.63) is 53.7 Å². The molecule has 0 spiro atoms. The number of nitrogens with one attached hydrogen (secondary N) is 1. The first kappa shape index (κ1) is 25.5. The van der Waals surface area contributed by atoms with Gasteiger partial charge < -0.3 is 14.8 Å². The van der Waals surface area contributed by atoms with E-state index in [4.69, 9.17) is 9.47 Å². The molecule has 1 saturated carbocycles. The minimum atomic E-state index is -4.51. The third-order valence-electron chi connectivity index (χ3n) is 6.05. The summed E-state index contributed by atoms with van der Waals surface area (Å²) >= 11 is 0. The molecule has 0 bridgehead atoms. The predicted octanol–water partition coefficient (Wildman–Crippen LogP) is 6.00. The number of nitrogens with zero attached hydrogens (tertiary/aromatic N) is 1. The van der Waals surface area contributed by atoms with Gasteiger partial charge in [0.15, 0.2) is 6.61 Å². The summed E-state index contributed by atoms with van der Waals surface area (Å²) in [6.07, 6.45) is -0.487. The van der Waals surface area contributed by atoms with Gasteiger partial charge in [0, 0.05) is 11.9 Å². The molecule has 34 heavy (non-hydrogen) atoms. The van der Waals surface area contributed by atoms with Gasteiger partial charge in [-0.3, -0.25) is 0 Å². The Morgan fingerprint density at radius 3 is 2.65 bits per heavy atom. The highest BCUT2D eigenvalue weighted by Crippen LogP contribution is 2.35. The van der Waals surface area contributed by atoms with Crippen LogP contribution in [0.1, 0.15) is 56.0 Å². The summed E-state index contributed by atoms with van der Waals surface area (Å²) in [5.74, 6) is -0.368. The molecule has 0 saturated heterocycles. The average molecular weight is 479 g/mol. The fourth-order valence-electron chi connectivity index (χ4n) is 4.23. The summed E-state index contributed by atoms with van der Waals surface area (Å²) in [6.45, 7) is 5.76. The Bertz CT molecular complexity index is 1010. The number of halogens is 3. The molecule has 0 unspecified atom stereocenters. The molecule has 1 aromatic carbocycles. The largest absolute Gasteiger partial charge is 0.460 e. The third kappa shape index (κ3) is 6.71. The summed E-state index contributed by atoms with van der Waals surface area (Å²) in [5.41, 5.74) is -0.746. The van der Waals surface area contributed by atoms with Crippen molar-refractivity contribution in [2.75, 3.05) is 11.9 Å². The number of hydrogen-bond donors (Lipinski definition) is 1. The molecular weight excluding hydrogens is 449 g/mol. The summed E-state index contributed by atoms with van der Waals surface area (Å²) < 4.78 is 49.7. The maximum atomic E-state index is 13.0. The highest BCUT2D eigenvalue weighted by Gasteiger charge is 2.34. The molecule has 1 heterocycles. The molecule has 3 rings (SSSR count). The Labute approximate surface area is 196 Å². The second kappa shape index (κ2) is 10.9. The van der Waals surface area contributed by atoms with Crippen LogP contribution in [0.4, 0.5) is 24.7 Å². The molecule has 0 radical (unpaired) electrons. The van der Waals surface area contributed by atoms with Crippen LogP contribution in [0.3, 0.4) is 0 Å². The van der Waals surface area contributed by atoms with E-state index in [0.29, 0.717) is 11.8 Å². The average Bonchev–Trinajstić information content (AvgIpc) is 2.77. The lowest BCUT2D eigenvalue weighted by Crippen LogP contribution is -2.36. The van der Waals surface area contributed by atoms with Crippen molar-refractivity contribution < 1.29 is 32.2 Å². The standard InChI is InChI=1S/C25H29F3N2O4/c1-15(2)19-10-9-16(3)12-21(19)34-22(31)14-33-24(32)20-8-5-11-29-23(20)30-18-7-4-6-17(13-18)25(26,27)28/h4-8,11,13,15-16,19,21H,9-10,12,14H2,1-3H3,(H,29,30)/t16-,19+,21-/m1/s1. The minimum Gasteiger partial charge on any atom is -0.460 e. The van der Waals surface area contributed by atoms with Crippen molar-refractivity contribution in [2.45, 2.75) is 52.3 Å². The van der Waals surface area contributed by atoms with E-state index in [1.54, 1.807) is 0 Å². The first-order chi connectivity index (χ1) is 16.0. The zero-order chi connectivity index (χ0) is 24.9. The van der Waals surface area contributed by atoms with Gasteiger partial charge in [0.05, 0.1) is 5.56 Å². The normalized spacial score (nSPS) is 20.6. The van der Waals surface area contributed by atoms with Crippen molar-refractivity contribution in [2.24, 2.45) is 17.8 Å². The lowest BCUT2D eigenvalue weighted by Gasteiger charge is -2.36. The van der Waals surface area contributed by atoms with Crippen LogP contribution < -0.4 is 5.32 Å². The van der Waals surface area contributed by atoms with Gasteiger partial charge >= 0.3 is 18.1 Å². The lowest BCUT2D eigenvalue weighted by molar-refractivity contribution is -0.159. The molecule has 1 N–H and O–H groups in total. The van der Waals surface area contributed by atoms with E-state index >= 15 is 0 Å². The van der Waals surface area contributed by atoms with E-state index in [-0.39, 0.29) is 29.1 Å². The Morgan fingerprint density at radius 2 is 1.94 bits per heavy atom. The van der Waals surface area contributed by atoms with Crippen LogP contribution in [-0.2, 0) is 20.4 Å². The minimum absolute atomic E-state index is 0.0148. The number of aromatic nitrogens is 1. The number of esters is 2. The SMILES string of the molecule is CC(C)[C@@H]1CC[C@@H](C)C[C@H]1OC(=O)COC(=O)c1cccnc1Nc1cccc(C(F)(F)F)c1. The molecule has 1 aliphatic carbocycles. The fourth-order valence-corrected chi connectivity index (χ4v) is 4.23. The third-order valence-corrected chi connectivity index (χ3v) is 6.05. The van der Waals surface area contributed by atoms with Gasteiger partial charge in [-0.1, -0.05) is 33.3 Å². The number of alkyl halides is 3. The second-order valence-corrected chi connectivity index (χ2v) is 9.03. The van der Waals surface area contributed by atoms with Crippen LogP contribution in [0, 0.1) is 17.8 Å². The van der Waals surface area contributed by atoms with Gasteiger partial charge in [-0.15, -0.1) is 0 Å².